The van der Waals surface area contributed by atoms with Crippen LogP contribution >= 0.6 is 0 Å². The van der Waals surface area contributed by atoms with Gasteiger partial charge in [-0.15, -0.1) is 0 Å². The average Bonchev–Trinajstić information content (AvgIpc) is 3.18. The number of hydrogen-bond acceptors (Lipinski definition) is 3. The molecule has 0 saturated carbocycles. The van der Waals surface area contributed by atoms with Crippen LogP contribution in [0, 0.1) is 6.92 Å². The van der Waals surface area contributed by atoms with Crippen LogP contribution in [0.25, 0.3) is 55.2 Å². The first-order chi connectivity index (χ1) is 14.8. The van der Waals surface area contributed by atoms with E-state index in [9.17, 15) is 0 Å². The van der Waals surface area contributed by atoms with Crippen LogP contribution in [0.5, 0.6) is 0 Å². The number of fused-ring (bicyclic) bond motifs is 4. The number of benzene rings is 3. The highest BCUT2D eigenvalue weighted by Gasteiger charge is 2.13. The van der Waals surface area contributed by atoms with Gasteiger partial charge in [-0.2, -0.15) is 0 Å². The molecule has 142 valence electrons. The molecule has 3 heterocycles. The zero-order valence-corrected chi connectivity index (χ0v) is 16.5. The summed E-state index contributed by atoms with van der Waals surface area (Å²) < 4.78 is 6.20. The van der Waals surface area contributed by atoms with E-state index in [2.05, 4.69) is 64.6 Å². The molecule has 3 aromatic heterocycles. The Morgan fingerprint density at radius 3 is 2.57 bits per heavy atom. The van der Waals surface area contributed by atoms with Gasteiger partial charge in [0.1, 0.15) is 11.2 Å². The third kappa shape index (κ3) is 2.67. The molecule has 0 aliphatic rings. The summed E-state index contributed by atoms with van der Waals surface area (Å²) >= 11 is 0. The number of nitrogens with zero attached hydrogens (tertiary/aromatic N) is 2. The van der Waals surface area contributed by atoms with Crippen molar-refractivity contribution in [1.82, 2.24) is 9.97 Å². The van der Waals surface area contributed by atoms with Gasteiger partial charge in [-0.1, -0.05) is 42.5 Å². The Morgan fingerprint density at radius 1 is 0.733 bits per heavy atom. The van der Waals surface area contributed by atoms with Gasteiger partial charge in [0.2, 0.25) is 0 Å². The van der Waals surface area contributed by atoms with Crippen molar-refractivity contribution in [2.75, 3.05) is 0 Å². The molecule has 0 spiro atoms. The summed E-state index contributed by atoms with van der Waals surface area (Å²) in [5.41, 5.74) is 7.99. The Morgan fingerprint density at radius 2 is 1.60 bits per heavy atom. The number of rotatable bonds is 2. The van der Waals surface area contributed by atoms with Gasteiger partial charge in [0.05, 0.1) is 11.2 Å². The van der Waals surface area contributed by atoms with Crippen LogP contribution in [0.3, 0.4) is 0 Å². The molecule has 0 fully saturated rings. The van der Waals surface area contributed by atoms with Crippen LogP contribution in [-0.2, 0) is 0 Å². The van der Waals surface area contributed by atoms with Crippen molar-refractivity contribution in [3.05, 3.63) is 96.8 Å². The Hall–Kier alpha value is -3.98. The van der Waals surface area contributed by atoms with E-state index in [4.69, 9.17) is 4.42 Å². The molecule has 0 unspecified atom stereocenters. The summed E-state index contributed by atoms with van der Waals surface area (Å²) in [6, 6.07) is 29.1. The van der Waals surface area contributed by atoms with Crippen LogP contribution in [0.4, 0.5) is 0 Å². The Balaban J connectivity index is 1.51. The number of aromatic nitrogens is 2. The van der Waals surface area contributed by atoms with Gasteiger partial charge in [0, 0.05) is 33.6 Å². The standard InChI is InChI=1S/C27H18N2O/c1-17-9-10-20-15-18(11-12-24(20)29-17)19-13-14-28-25(16-19)23-7-4-6-22-21-5-2-3-8-26(21)30-27(22)23/h2-16H,1H3. The summed E-state index contributed by atoms with van der Waals surface area (Å²) in [5.74, 6) is 0. The highest BCUT2D eigenvalue weighted by Crippen LogP contribution is 2.36. The van der Waals surface area contributed by atoms with E-state index in [1.165, 1.54) is 0 Å². The molecule has 3 heteroatoms. The molecule has 30 heavy (non-hydrogen) atoms. The van der Waals surface area contributed by atoms with E-state index in [0.717, 1.165) is 60.9 Å². The topological polar surface area (TPSA) is 38.9 Å². The molecule has 6 aromatic rings. The highest BCUT2D eigenvalue weighted by molar-refractivity contribution is 6.09. The quantitative estimate of drug-likeness (QED) is 0.317. The molecule has 0 amide bonds. The van der Waals surface area contributed by atoms with Gasteiger partial charge in [-0.3, -0.25) is 9.97 Å². The number of furan rings is 1. The predicted molar refractivity (Wildman–Crippen MR) is 122 cm³/mol. The van der Waals surface area contributed by atoms with Gasteiger partial charge in [-0.05, 0) is 60.5 Å². The number of pyridine rings is 2. The summed E-state index contributed by atoms with van der Waals surface area (Å²) in [6.07, 6.45) is 1.86. The van der Waals surface area contributed by atoms with Gasteiger partial charge in [0.15, 0.2) is 0 Å². The van der Waals surface area contributed by atoms with Gasteiger partial charge in [0.25, 0.3) is 0 Å². The molecule has 0 aliphatic carbocycles. The summed E-state index contributed by atoms with van der Waals surface area (Å²) in [4.78, 5) is 9.26. The Kier molecular flexibility index (Phi) is 3.68. The fraction of sp³-hybridized carbons (Fsp3) is 0.0370. The molecule has 3 aromatic carbocycles. The second-order valence-electron chi connectivity index (χ2n) is 7.57. The fourth-order valence-corrected chi connectivity index (χ4v) is 4.11. The zero-order chi connectivity index (χ0) is 20.1. The molecular weight excluding hydrogens is 368 g/mol. The van der Waals surface area contributed by atoms with Crippen molar-refractivity contribution in [2.24, 2.45) is 0 Å². The van der Waals surface area contributed by atoms with Gasteiger partial charge < -0.3 is 4.42 Å². The minimum Gasteiger partial charge on any atom is -0.455 e. The Labute approximate surface area is 173 Å². The molecule has 0 bridgehead atoms. The second kappa shape index (κ2) is 6.53. The average molecular weight is 386 g/mol. The summed E-state index contributed by atoms with van der Waals surface area (Å²) in [7, 11) is 0. The van der Waals surface area contributed by atoms with Crippen molar-refractivity contribution >= 4 is 32.8 Å². The smallest absolute Gasteiger partial charge is 0.144 e. The molecular formula is C27H18N2O. The third-order valence-electron chi connectivity index (χ3n) is 5.60. The third-order valence-corrected chi connectivity index (χ3v) is 5.60. The van der Waals surface area contributed by atoms with E-state index in [1.807, 2.05) is 43.5 Å². The molecule has 0 atom stereocenters. The maximum Gasteiger partial charge on any atom is 0.144 e. The number of aryl methyl sites for hydroxylation is 1. The van der Waals surface area contributed by atoms with Crippen LogP contribution < -0.4 is 0 Å². The van der Waals surface area contributed by atoms with E-state index in [1.54, 1.807) is 0 Å². The molecule has 0 N–H and O–H groups in total. The molecule has 6 rings (SSSR count). The summed E-state index contributed by atoms with van der Waals surface area (Å²) in [6.45, 7) is 2.02. The first kappa shape index (κ1) is 16.9. The lowest BCUT2D eigenvalue weighted by molar-refractivity contribution is 0.670. The minimum absolute atomic E-state index is 0.876. The first-order valence-corrected chi connectivity index (χ1v) is 10.0. The summed E-state index contributed by atoms with van der Waals surface area (Å²) in [5, 5.41) is 3.38. The largest absolute Gasteiger partial charge is 0.455 e. The SMILES string of the molecule is Cc1ccc2cc(-c3ccnc(-c4cccc5c4oc4ccccc45)c3)ccc2n1. The molecule has 0 saturated heterocycles. The molecule has 3 nitrogen and oxygen atoms in total. The minimum atomic E-state index is 0.876. The van der Waals surface area contributed by atoms with E-state index < -0.39 is 0 Å². The van der Waals surface area contributed by atoms with Crippen molar-refractivity contribution in [1.29, 1.82) is 0 Å². The number of para-hydroxylation sites is 2. The predicted octanol–water partition coefficient (Wildman–Crippen LogP) is 7.17. The van der Waals surface area contributed by atoms with E-state index in [-0.39, 0.29) is 0 Å². The van der Waals surface area contributed by atoms with Crippen molar-refractivity contribution in [3.63, 3.8) is 0 Å². The fourth-order valence-electron chi connectivity index (χ4n) is 4.11. The van der Waals surface area contributed by atoms with Crippen LogP contribution in [-0.4, -0.2) is 9.97 Å². The lowest BCUT2D eigenvalue weighted by Gasteiger charge is -2.07. The van der Waals surface area contributed by atoms with Crippen LogP contribution in [0.2, 0.25) is 0 Å². The van der Waals surface area contributed by atoms with Crippen molar-refractivity contribution in [2.45, 2.75) is 6.92 Å². The highest BCUT2D eigenvalue weighted by atomic mass is 16.3. The number of hydrogen-bond donors (Lipinski definition) is 0. The van der Waals surface area contributed by atoms with Crippen LogP contribution in [0.15, 0.2) is 95.5 Å². The lowest BCUT2D eigenvalue weighted by Crippen LogP contribution is -1.87. The second-order valence-corrected chi connectivity index (χ2v) is 7.57. The van der Waals surface area contributed by atoms with E-state index in [0.29, 0.717) is 0 Å². The van der Waals surface area contributed by atoms with E-state index >= 15 is 0 Å². The lowest BCUT2D eigenvalue weighted by atomic mass is 10.0. The molecule has 0 aliphatic heterocycles. The van der Waals surface area contributed by atoms with Crippen molar-refractivity contribution in [3.8, 4) is 22.4 Å². The normalized spacial score (nSPS) is 11.5. The molecule has 0 radical (unpaired) electrons. The monoisotopic (exact) mass is 386 g/mol. The maximum atomic E-state index is 6.20. The van der Waals surface area contributed by atoms with Crippen LogP contribution in [0.1, 0.15) is 5.69 Å². The van der Waals surface area contributed by atoms with Gasteiger partial charge >= 0.3 is 0 Å². The first-order valence-electron chi connectivity index (χ1n) is 10.0. The Bertz CT molecular complexity index is 1560. The maximum absolute atomic E-state index is 6.20. The van der Waals surface area contributed by atoms with Crippen molar-refractivity contribution < 1.29 is 4.42 Å². The van der Waals surface area contributed by atoms with Gasteiger partial charge in [-0.25, -0.2) is 0 Å². The zero-order valence-electron chi connectivity index (χ0n) is 16.5.